The number of aliphatic carboxylic acids is 1. The van der Waals surface area contributed by atoms with Crippen molar-refractivity contribution in [2.75, 3.05) is 26.7 Å². The van der Waals surface area contributed by atoms with Gasteiger partial charge in [0.1, 0.15) is 0 Å². The second-order valence-electron chi connectivity index (χ2n) is 5.91. The SMILES string of the molecule is CN(C(=O)CN1CCCC(CCC(=O)O)C1)C1CC1. The van der Waals surface area contributed by atoms with Gasteiger partial charge in [0.15, 0.2) is 0 Å². The van der Waals surface area contributed by atoms with Crippen LogP contribution < -0.4 is 0 Å². The Labute approximate surface area is 114 Å². The van der Waals surface area contributed by atoms with E-state index in [4.69, 9.17) is 5.11 Å². The lowest BCUT2D eigenvalue weighted by atomic mass is 9.93. The topological polar surface area (TPSA) is 60.9 Å². The molecular formula is C14H24N2O3. The number of rotatable bonds is 6. The smallest absolute Gasteiger partial charge is 0.303 e. The molecule has 1 saturated heterocycles. The maximum absolute atomic E-state index is 12.1. The molecule has 2 aliphatic rings. The lowest BCUT2D eigenvalue weighted by Gasteiger charge is -2.33. The van der Waals surface area contributed by atoms with Crippen molar-refractivity contribution in [2.45, 2.75) is 44.6 Å². The van der Waals surface area contributed by atoms with Gasteiger partial charge >= 0.3 is 5.97 Å². The summed E-state index contributed by atoms with van der Waals surface area (Å²) in [7, 11) is 1.89. The summed E-state index contributed by atoms with van der Waals surface area (Å²) in [5.41, 5.74) is 0. The molecule has 2 rings (SSSR count). The largest absolute Gasteiger partial charge is 0.481 e. The van der Waals surface area contributed by atoms with Gasteiger partial charge in [0, 0.05) is 26.1 Å². The third-order valence-corrected chi connectivity index (χ3v) is 4.22. The molecule has 5 nitrogen and oxygen atoms in total. The fourth-order valence-corrected chi connectivity index (χ4v) is 2.83. The fourth-order valence-electron chi connectivity index (χ4n) is 2.83. The summed E-state index contributed by atoms with van der Waals surface area (Å²) in [6, 6.07) is 0.472. The van der Waals surface area contributed by atoms with Crippen LogP contribution in [0.25, 0.3) is 0 Å². The molecule has 0 radical (unpaired) electrons. The van der Waals surface area contributed by atoms with Crippen molar-refractivity contribution in [2.24, 2.45) is 5.92 Å². The molecule has 1 unspecified atom stereocenters. The van der Waals surface area contributed by atoms with Gasteiger partial charge in [0.05, 0.1) is 6.54 Å². The zero-order chi connectivity index (χ0) is 13.8. The third-order valence-electron chi connectivity index (χ3n) is 4.22. The Kier molecular flexibility index (Phi) is 4.80. The molecule has 1 amide bonds. The van der Waals surface area contributed by atoms with E-state index in [0.717, 1.165) is 45.2 Å². The molecule has 0 aromatic rings. The van der Waals surface area contributed by atoms with Gasteiger partial charge in [-0.3, -0.25) is 14.5 Å². The van der Waals surface area contributed by atoms with Crippen molar-refractivity contribution < 1.29 is 14.7 Å². The highest BCUT2D eigenvalue weighted by atomic mass is 16.4. The van der Waals surface area contributed by atoms with Crippen LogP contribution in [-0.4, -0.2) is 59.5 Å². The normalized spacial score (nSPS) is 24.2. The Morgan fingerprint density at radius 1 is 1.32 bits per heavy atom. The number of piperidine rings is 1. The number of carboxylic acid groups (broad SMARTS) is 1. The lowest BCUT2D eigenvalue weighted by molar-refractivity contribution is -0.137. The molecule has 1 aliphatic heterocycles. The van der Waals surface area contributed by atoms with Crippen molar-refractivity contribution in [1.82, 2.24) is 9.80 Å². The first-order chi connectivity index (χ1) is 9.06. The summed E-state index contributed by atoms with van der Waals surface area (Å²) in [5.74, 6) is -0.0769. The molecule has 1 aliphatic carbocycles. The van der Waals surface area contributed by atoms with Gasteiger partial charge in [-0.25, -0.2) is 0 Å². The van der Waals surface area contributed by atoms with Crippen LogP contribution in [0.1, 0.15) is 38.5 Å². The van der Waals surface area contributed by atoms with Crippen molar-refractivity contribution in [3.63, 3.8) is 0 Å². The first kappa shape index (κ1) is 14.3. The van der Waals surface area contributed by atoms with E-state index in [-0.39, 0.29) is 12.3 Å². The van der Waals surface area contributed by atoms with Gasteiger partial charge in [0.25, 0.3) is 0 Å². The van der Waals surface area contributed by atoms with Gasteiger partial charge in [0.2, 0.25) is 5.91 Å². The average molecular weight is 268 g/mol. The fraction of sp³-hybridized carbons (Fsp3) is 0.857. The van der Waals surface area contributed by atoms with Crippen LogP contribution in [0.3, 0.4) is 0 Å². The second-order valence-corrected chi connectivity index (χ2v) is 5.91. The highest BCUT2D eigenvalue weighted by Crippen LogP contribution is 2.26. The predicted molar refractivity (Wildman–Crippen MR) is 71.8 cm³/mol. The number of amides is 1. The minimum Gasteiger partial charge on any atom is -0.481 e. The van der Waals surface area contributed by atoms with Crippen molar-refractivity contribution in [3.8, 4) is 0 Å². The number of carbonyl (C=O) groups excluding carboxylic acids is 1. The summed E-state index contributed by atoms with van der Waals surface area (Å²) >= 11 is 0. The Bertz CT molecular complexity index is 342. The molecule has 0 bridgehead atoms. The van der Waals surface area contributed by atoms with Gasteiger partial charge in [-0.2, -0.15) is 0 Å². The number of hydrogen-bond donors (Lipinski definition) is 1. The molecule has 1 heterocycles. The van der Waals surface area contributed by atoms with E-state index in [1.165, 1.54) is 0 Å². The molecule has 0 aromatic heterocycles. The molecule has 108 valence electrons. The molecule has 0 aromatic carbocycles. The molecule has 2 fully saturated rings. The van der Waals surface area contributed by atoms with E-state index < -0.39 is 5.97 Å². The molecule has 1 N–H and O–H groups in total. The van der Waals surface area contributed by atoms with Gasteiger partial charge < -0.3 is 10.0 Å². The van der Waals surface area contributed by atoms with Crippen LogP contribution in [0.5, 0.6) is 0 Å². The molecule has 5 heteroatoms. The van der Waals surface area contributed by atoms with Gasteiger partial charge in [-0.05, 0) is 44.6 Å². The molecular weight excluding hydrogens is 244 g/mol. The first-order valence-electron chi connectivity index (χ1n) is 7.26. The van der Waals surface area contributed by atoms with Crippen LogP contribution in [0.2, 0.25) is 0 Å². The van der Waals surface area contributed by atoms with E-state index in [9.17, 15) is 9.59 Å². The van der Waals surface area contributed by atoms with Gasteiger partial charge in [-0.1, -0.05) is 0 Å². The Hall–Kier alpha value is -1.10. The number of hydrogen-bond acceptors (Lipinski definition) is 3. The molecule has 1 atom stereocenters. The van der Waals surface area contributed by atoms with Crippen molar-refractivity contribution in [1.29, 1.82) is 0 Å². The van der Waals surface area contributed by atoms with Crippen LogP contribution in [0.15, 0.2) is 0 Å². The minimum absolute atomic E-state index is 0.210. The summed E-state index contributed by atoms with van der Waals surface area (Å²) in [6.07, 6.45) is 5.43. The maximum atomic E-state index is 12.1. The highest BCUT2D eigenvalue weighted by Gasteiger charge is 2.31. The van der Waals surface area contributed by atoms with E-state index >= 15 is 0 Å². The molecule has 0 spiro atoms. The summed E-state index contributed by atoms with van der Waals surface area (Å²) in [6.45, 7) is 2.34. The van der Waals surface area contributed by atoms with Gasteiger partial charge in [-0.15, -0.1) is 0 Å². The van der Waals surface area contributed by atoms with Crippen LogP contribution in [0.4, 0.5) is 0 Å². The van der Waals surface area contributed by atoms with E-state index in [1.54, 1.807) is 0 Å². The standard InChI is InChI=1S/C14H24N2O3/c1-15(12-5-6-12)13(17)10-16-8-2-3-11(9-16)4-7-14(18)19/h11-12H,2-10H2,1H3,(H,18,19). The first-order valence-corrected chi connectivity index (χ1v) is 7.26. The maximum Gasteiger partial charge on any atom is 0.303 e. The lowest BCUT2D eigenvalue weighted by Crippen LogP contribution is -2.43. The van der Waals surface area contributed by atoms with E-state index in [1.807, 2.05) is 11.9 Å². The van der Waals surface area contributed by atoms with Crippen molar-refractivity contribution >= 4 is 11.9 Å². The summed E-state index contributed by atoms with van der Waals surface area (Å²) in [4.78, 5) is 26.7. The summed E-state index contributed by atoms with van der Waals surface area (Å²) < 4.78 is 0. The zero-order valence-corrected chi connectivity index (χ0v) is 11.7. The average Bonchev–Trinajstić information content (AvgIpc) is 3.20. The highest BCUT2D eigenvalue weighted by molar-refractivity contribution is 5.78. The van der Waals surface area contributed by atoms with E-state index in [0.29, 0.717) is 18.5 Å². The Balaban J connectivity index is 1.73. The molecule has 1 saturated carbocycles. The number of likely N-dealkylation sites (tertiary alicyclic amines) is 1. The third kappa shape index (κ3) is 4.49. The van der Waals surface area contributed by atoms with Crippen LogP contribution in [-0.2, 0) is 9.59 Å². The second kappa shape index (κ2) is 6.37. The van der Waals surface area contributed by atoms with E-state index in [2.05, 4.69) is 4.90 Å². The predicted octanol–water partition coefficient (Wildman–Crippen LogP) is 1.18. The number of likely N-dealkylation sites (N-methyl/N-ethyl adjacent to an activating group) is 1. The van der Waals surface area contributed by atoms with Crippen LogP contribution in [0, 0.1) is 5.92 Å². The monoisotopic (exact) mass is 268 g/mol. The number of carboxylic acids is 1. The quantitative estimate of drug-likeness (QED) is 0.786. The van der Waals surface area contributed by atoms with Crippen LogP contribution >= 0.6 is 0 Å². The molecule has 19 heavy (non-hydrogen) atoms. The summed E-state index contributed by atoms with van der Waals surface area (Å²) in [5, 5.41) is 8.72. The zero-order valence-electron chi connectivity index (χ0n) is 11.7. The Morgan fingerprint density at radius 3 is 2.68 bits per heavy atom. The van der Waals surface area contributed by atoms with Crippen molar-refractivity contribution in [3.05, 3.63) is 0 Å². The number of carbonyl (C=O) groups is 2. The Morgan fingerprint density at radius 2 is 2.05 bits per heavy atom. The minimum atomic E-state index is -0.721. The number of nitrogens with zero attached hydrogens (tertiary/aromatic N) is 2.